The highest BCUT2D eigenvalue weighted by atomic mass is 19.1. The Labute approximate surface area is 179 Å². The van der Waals surface area contributed by atoms with Crippen molar-refractivity contribution in [3.05, 3.63) is 90.7 Å². The SMILES string of the molecule is COc1cc(OC)cc(-c2cc(-c3ccc(F)cc3)c3c(ccc4ccccc43)n2)c1. The largest absolute Gasteiger partial charge is 0.497 e. The second-order valence-corrected chi connectivity index (χ2v) is 7.34. The number of fused-ring (bicyclic) bond motifs is 3. The van der Waals surface area contributed by atoms with Crippen molar-refractivity contribution in [3.63, 3.8) is 0 Å². The molecule has 1 aromatic heterocycles. The Bertz CT molecular complexity index is 1390. The number of aromatic nitrogens is 1. The second kappa shape index (κ2) is 7.73. The van der Waals surface area contributed by atoms with Crippen molar-refractivity contribution in [2.24, 2.45) is 0 Å². The number of methoxy groups -OCH3 is 2. The zero-order valence-corrected chi connectivity index (χ0v) is 17.2. The lowest BCUT2D eigenvalue weighted by atomic mass is 9.94. The number of rotatable bonds is 4. The van der Waals surface area contributed by atoms with Gasteiger partial charge in [0.2, 0.25) is 0 Å². The van der Waals surface area contributed by atoms with E-state index in [0.717, 1.165) is 44.1 Å². The van der Waals surface area contributed by atoms with E-state index in [1.807, 2.05) is 48.5 Å². The summed E-state index contributed by atoms with van der Waals surface area (Å²) < 4.78 is 24.5. The van der Waals surface area contributed by atoms with E-state index >= 15 is 0 Å². The highest BCUT2D eigenvalue weighted by molar-refractivity contribution is 6.13. The van der Waals surface area contributed by atoms with Crippen LogP contribution >= 0.6 is 0 Å². The van der Waals surface area contributed by atoms with Gasteiger partial charge in [0, 0.05) is 17.0 Å². The number of nitrogens with zero attached hydrogens (tertiary/aromatic N) is 1. The van der Waals surface area contributed by atoms with Gasteiger partial charge in [0.15, 0.2) is 0 Å². The smallest absolute Gasteiger partial charge is 0.123 e. The van der Waals surface area contributed by atoms with Crippen molar-refractivity contribution in [1.29, 1.82) is 0 Å². The molecule has 0 bridgehead atoms. The summed E-state index contributed by atoms with van der Waals surface area (Å²) in [6.07, 6.45) is 0. The minimum Gasteiger partial charge on any atom is -0.497 e. The maximum absolute atomic E-state index is 13.6. The van der Waals surface area contributed by atoms with Gasteiger partial charge in [-0.05, 0) is 58.3 Å². The molecule has 0 aliphatic carbocycles. The molecule has 0 radical (unpaired) electrons. The van der Waals surface area contributed by atoms with Crippen molar-refractivity contribution in [3.8, 4) is 33.9 Å². The van der Waals surface area contributed by atoms with Crippen molar-refractivity contribution in [2.45, 2.75) is 0 Å². The molecule has 0 unspecified atom stereocenters. The summed E-state index contributed by atoms with van der Waals surface area (Å²) in [4.78, 5) is 4.96. The molecule has 1 heterocycles. The highest BCUT2D eigenvalue weighted by Gasteiger charge is 2.14. The summed E-state index contributed by atoms with van der Waals surface area (Å²) in [5.41, 5.74) is 4.48. The lowest BCUT2D eigenvalue weighted by Crippen LogP contribution is -1.93. The summed E-state index contributed by atoms with van der Waals surface area (Å²) >= 11 is 0. The molecule has 0 saturated carbocycles. The Balaban J connectivity index is 1.85. The zero-order chi connectivity index (χ0) is 21.4. The van der Waals surface area contributed by atoms with Crippen LogP contribution in [0, 0.1) is 5.82 Å². The van der Waals surface area contributed by atoms with Crippen LogP contribution in [0.1, 0.15) is 0 Å². The quantitative estimate of drug-likeness (QED) is 0.303. The predicted octanol–water partition coefficient (Wildman–Crippen LogP) is 6.88. The topological polar surface area (TPSA) is 31.4 Å². The molecule has 0 aliphatic heterocycles. The van der Waals surface area contributed by atoms with Crippen LogP contribution in [0.4, 0.5) is 4.39 Å². The van der Waals surface area contributed by atoms with E-state index in [9.17, 15) is 4.39 Å². The van der Waals surface area contributed by atoms with Crippen LogP contribution in [-0.4, -0.2) is 19.2 Å². The zero-order valence-electron chi connectivity index (χ0n) is 17.2. The average molecular weight is 409 g/mol. The van der Waals surface area contributed by atoms with Gasteiger partial charge >= 0.3 is 0 Å². The van der Waals surface area contributed by atoms with Gasteiger partial charge in [-0.3, -0.25) is 0 Å². The average Bonchev–Trinajstić information content (AvgIpc) is 2.83. The standard InChI is InChI=1S/C27H20FNO2/c1-30-21-13-19(14-22(15-21)31-2)26-16-24(18-7-10-20(28)11-8-18)27-23-6-4-3-5-17(23)9-12-25(27)29-26/h3-16H,1-2H3. The molecular formula is C27H20FNO2. The van der Waals surface area contributed by atoms with Crippen LogP contribution in [-0.2, 0) is 0 Å². The molecule has 4 aromatic carbocycles. The normalized spacial score (nSPS) is 11.1. The number of benzene rings is 4. The fourth-order valence-electron chi connectivity index (χ4n) is 3.97. The molecule has 31 heavy (non-hydrogen) atoms. The molecule has 4 heteroatoms. The maximum Gasteiger partial charge on any atom is 0.123 e. The Morgan fingerprint density at radius 1 is 0.710 bits per heavy atom. The minimum atomic E-state index is -0.260. The van der Waals surface area contributed by atoms with E-state index in [1.54, 1.807) is 14.2 Å². The fourth-order valence-corrected chi connectivity index (χ4v) is 3.97. The Morgan fingerprint density at radius 2 is 1.42 bits per heavy atom. The van der Waals surface area contributed by atoms with E-state index in [2.05, 4.69) is 24.3 Å². The first-order valence-electron chi connectivity index (χ1n) is 9.98. The number of halogens is 1. The monoisotopic (exact) mass is 409 g/mol. The van der Waals surface area contributed by atoms with Gasteiger partial charge in [0.05, 0.1) is 25.4 Å². The van der Waals surface area contributed by atoms with Crippen molar-refractivity contribution in [1.82, 2.24) is 4.98 Å². The number of pyridine rings is 1. The number of hydrogen-bond acceptors (Lipinski definition) is 3. The van der Waals surface area contributed by atoms with E-state index in [0.29, 0.717) is 11.5 Å². The predicted molar refractivity (Wildman–Crippen MR) is 123 cm³/mol. The molecular weight excluding hydrogens is 389 g/mol. The molecule has 0 amide bonds. The third-order valence-corrected chi connectivity index (χ3v) is 5.50. The van der Waals surface area contributed by atoms with Gasteiger partial charge in [0.25, 0.3) is 0 Å². The molecule has 3 nitrogen and oxygen atoms in total. The van der Waals surface area contributed by atoms with Crippen molar-refractivity contribution < 1.29 is 13.9 Å². The molecule has 0 spiro atoms. The summed E-state index contributed by atoms with van der Waals surface area (Å²) in [5.74, 6) is 1.13. The van der Waals surface area contributed by atoms with Gasteiger partial charge in [-0.15, -0.1) is 0 Å². The Hall–Kier alpha value is -3.92. The Morgan fingerprint density at radius 3 is 2.13 bits per heavy atom. The third-order valence-electron chi connectivity index (χ3n) is 5.50. The maximum atomic E-state index is 13.6. The lowest BCUT2D eigenvalue weighted by Gasteiger charge is -2.14. The highest BCUT2D eigenvalue weighted by Crippen LogP contribution is 2.38. The molecule has 0 aliphatic rings. The van der Waals surface area contributed by atoms with E-state index in [4.69, 9.17) is 14.5 Å². The molecule has 0 fully saturated rings. The van der Waals surface area contributed by atoms with E-state index < -0.39 is 0 Å². The number of ether oxygens (including phenoxy) is 2. The second-order valence-electron chi connectivity index (χ2n) is 7.34. The molecule has 0 atom stereocenters. The van der Waals surface area contributed by atoms with Crippen molar-refractivity contribution in [2.75, 3.05) is 14.2 Å². The van der Waals surface area contributed by atoms with Crippen LogP contribution in [0.25, 0.3) is 44.1 Å². The van der Waals surface area contributed by atoms with Crippen LogP contribution in [0.2, 0.25) is 0 Å². The van der Waals surface area contributed by atoms with Crippen LogP contribution in [0.15, 0.2) is 84.9 Å². The van der Waals surface area contributed by atoms with Gasteiger partial charge < -0.3 is 9.47 Å². The lowest BCUT2D eigenvalue weighted by molar-refractivity contribution is 0.394. The molecule has 0 N–H and O–H groups in total. The molecule has 152 valence electrons. The summed E-state index contributed by atoms with van der Waals surface area (Å²) in [5, 5.41) is 3.29. The first kappa shape index (κ1) is 19.1. The van der Waals surface area contributed by atoms with Crippen LogP contribution in [0.5, 0.6) is 11.5 Å². The van der Waals surface area contributed by atoms with E-state index in [1.165, 1.54) is 12.1 Å². The van der Waals surface area contributed by atoms with Gasteiger partial charge in [-0.25, -0.2) is 9.37 Å². The molecule has 0 saturated heterocycles. The first-order valence-corrected chi connectivity index (χ1v) is 9.98. The molecule has 5 rings (SSSR count). The summed E-state index contributed by atoms with van der Waals surface area (Å²) in [7, 11) is 3.25. The van der Waals surface area contributed by atoms with Crippen molar-refractivity contribution >= 4 is 21.7 Å². The van der Waals surface area contributed by atoms with Gasteiger partial charge in [-0.2, -0.15) is 0 Å². The minimum absolute atomic E-state index is 0.260. The van der Waals surface area contributed by atoms with Crippen LogP contribution < -0.4 is 9.47 Å². The van der Waals surface area contributed by atoms with Crippen LogP contribution in [0.3, 0.4) is 0 Å². The molecule has 5 aromatic rings. The third kappa shape index (κ3) is 3.46. The van der Waals surface area contributed by atoms with Gasteiger partial charge in [-0.1, -0.05) is 42.5 Å². The Kier molecular flexibility index (Phi) is 4.75. The summed E-state index contributed by atoms with van der Waals surface area (Å²) in [6.45, 7) is 0. The van der Waals surface area contributed by atoms with Gasteiger partial charge in [0.1, 0.15) is 17.3 Å². The fraction of sp³-hybridized carbons (Fsp3) is 0.0741. The summed E-state index contributed by atoms with van der Waals surface area (Å²) in [6, 6.07) is 26.7. The number of hydrogen-bond donors (Lipinski definition) is 0. The first-order chi connectivity index (χ1) is 15.2. The van der Waals surface area contributed by atoms with E-state index in [-0.39, 0.29) is 5.82 Å².